The monoisotopic (exact) mass is 720 g/mol. The van der Waals surface area contributed by atoms with Gasteiger partial charge in [-0.1, -0.05) is 81.3 Å². The lowest BCUT2D eigenvalue weighted by Crippen LogP contribution is -2.40. The van der Waals surface area contributed by atoms with Crippen molar-refractivity contribution in [1.29, 1.82) is 0 Å². The number of nitrogens with zero attached hydrogens (tertiary/aromatic N) is 2. The number of fused-ring (bicyclic) bond motifs is 1. The first-order valence-electron chi connectivity index (χ1n) is 11.5. The van der Waals surface area contributed by atoms with E-state index in [0.717, 1.165) is 10.0 Å². The van der Waals surface area contributed by atoms with E-state index in [0.29, 0.717) is 34.8 Å². The molecule has 1 atom stereocenters. The fraction of sp³-hybridized carbons (Fsp3) is 0.107. The van der Waals surface area contributed by atoms with Crippen molar-refractivity contribution in [3.8, 4) is 5.75 Å². The number of hydrogen-bond donors (Lipinski definition) is 1. The Bertz CT molecular complexity index is 1770. The normalized spacial score (nSPS) is 15.3. The molecular weight excluding hydrogens is 703 g/mol. The molecule has 38 heavy (non-hydrogen) atoms. The van der Waals surface area contributed by atoms with E-state index in [1.165, 1.54) is 15.9 Å². The number of phenols is 1. The van der Waals surface area contributed by atoms with Crippen LogP contribution in [-0.4, -0.2) is 22.2 Å². The number of halogens is 3. The van der Waals surface area contributed by atoms with E-state index in [9.17, 15) is 14.7 Å². The second-order valence-corrected chi connectivity index (χ2v) is 11.8. The van der Waals surface area contributed by atoms with Crippen molar-refractivity contribution in [3.63, 3.8) is 0 Å². The minimum absolute atomic E-state index is 0.0751. The van der Waals surface area contributed by atoms with E-state index < -0.39 is 12.0 Å². The number of ether oxygens (including phenoxy) is 1. The number of carbonyl (C=O) groups excluding carboxylic acids is 1. The number of aromatic nitrogens is 1. The van der Waals surface area contributed by atoms with Crippen molar-refractivity contribution in [2.24, 2.45) is 4.99 Å². The standard InChI is InChI=1S/C28H19BrClIN2O4S/c1-2-37-27(36)22-23(15-6-4-3-5-7-15)32-28-33(24(22)16-8-10-19(30)11-9-16)26(35)21(38-28)13-17-12-18(29)14-20(31)25(17)34/h3-14,24,34H,2H2,1H3/b21-13+/t24-/m1/s1. The Morgan fingerprint density at radius 2 is 1.92 bits per heavy atom. The predicted octanol–water partition coefficient (Wildman–Crippen LogP) is 5.66. The third-order valence-electron chi connectivity index (χ3n) is 5.90. The number of aromatic hydroxyl groups is 1. The molecule has 3 aromatic carbocycles. The van der Waals surface area contributed by atoms with E-state index in [4.69, 9.17) is 21.3 Å². The van der Waals surface area contributed by atoms with Crippen LogP contribution in [0, 0.1) is 3.57 Å². The minimum atomic E-state index is -0.795. The molecule has 1 aromatic heterocycles. The molecule has 0 bridgehead atoms. The molecule has 0 saturated heterocycles. The van der Waals surface area contributed by atoms with Crippen LogP contribution in [0.3, 0.4) is 0 Å². The first kappa shape index (κ1) is 26.9. The van der Waals surface area contributed by atoms with Crippen LogP contribution in [-0.2, 0) is 9.53 Å². The van der Waals surface area contributed by atoms with E-state index in [1.54, 1.807) is 49.4 Å². The fourth-order valence-electron chi connectivity index (χ4n) is 4.24. The van der Waals surface area contributed by atoms with Crippen LogP contribution in [0.15, 0.2) is 86.6 Å². The second kappa shape index (κ2) is 11.2. The maximum atomic E-state index is 13.9. The maximum Gasteiger partial charge on any atom is 0.338 e. The van der Waals surface area contributed by atoms with Gasteiger partial charge in [0.25, 0.3) is 5.56 Å². The van der Waals surface area contributed by atoms with Gasteiger partial charge in [0.2, 0.25) is 0 Å². The van der Waals surface area contributed by atoms with Crippen LogP contribution in [0.1, 0.15) is 29.7 Å². The summed E-state index contributed by atoms with van der Waals surface area (Å²) in [6.45, 7) is 1.90. The number of hydrogen-bond acceptors (Lipinski definition) is 6. The van der Waals surface area contributed by atoms with Gasteiger partial charge < -0.3 is 9.84 Å². The molecule has 192 valence electrons. The number of phenolic OH excluding ortho intramolecular Hbond substituents is 1. The summed E-state index contributed by atoms with van der Waals surface area (Å²) in [6.07, 6.45) is 1.64. The molecule has 0 amide bonds. The van der Waals surface area contributed by atoms with E-state index in [2.05, 4.69) is 15.9 Å². The summed E-state index contributed by atoms with van der Waals surface area (Å²) in [4.78, 5) is 32.6. The number of carbonyl (C=O) groups is 1. The van der Waals surface area contributed by atoms with Crippen molar-refractivity contribution in [1.82, 2.24) is 4.57 Å². The van der Waals surface area contributed by atoms with Gasteiger partial charge in [-0.15, -0.1) is 0 Å². The third-order valence-corrected chi connectivity index (χ3v) is 8.42. The Hall–Kier alpha value is -2.73. The molecular formula is C28H19BrClIN2O4S. The highest BCUT2D eigenvalue weighted by Crippen LogP contribution is 2.35. The van der Waals surface area contributed by atoms with Gasteiger partial charge in [0.15, 0.2) is 4.80 Å². The van der Waals surface area contributed by atoms with Crippen molar-refractivity contribution in [2.45, 2.75) is 13.0 Å². The van der Waals surface area contributed by atoms with Crippen molar-refractivity contribution >= 4 is 79.2 Å². The molecule has 0 aliphatic carbocycles. The van der Waals surface area contributed by atoms with Gasteiger partial charge in [0.1, 0.15) is 5.75 Å². The lowest BCUT2D eigenvalue weighted by atomic mass is 9.93. The van der Waals surface area contributed by atoms with Crippen LogP contribution >= 0.6 is 61.5 Å². The SMILES string of the molecule is CCOC(=O)C1=C(c2ccccc2)N=c2s/c(=C/c3cc(Br)cc(I)c3O)c(=O)n2[C@@H]1c1ccc(Cl)cc1. The van der Waals surface area contributed by atoms with Gasteiger partial charge >= 0.3 is 5.97 Å². The average Bonchev–Trinajstić information content (AvgIpc) is 3.21. The largest absolute Gasteiger partial charge is 0.506 e. The number of thiazole rings is 1. The lowest BCUT2D eigenvalue weighted by molar-refractivity contribution is -0.138. The Kier molecular flexibility index (Phi) is 7.90. The van der Waals surface area contributed by atoms with Gasteiger partial charge in [0.05, 0.1) is 32.0 Å². The Morgan fingerprint density at radius 3 is 2.61 bits per heavy atom. The van der Waals surface area contributed by atoms with Crippen LogP contribution < -0.4 is 14.9 Å². The second-order valence-electron chi connectivity index (χ2n) is 8.31. The van der Waals surface area contributed by atoms with E-state index in [-0.39, 0.29) is 23.5 Å². The third kappa shape index (κ3) is 5.12. The minimum Gasteiger partial charge on any atom is -0.506 e. The molecule has 0 radical (unpaired) electrons. The molecule has 4 aromatic rings. The summed E-state index contributed by atoms with van der Waals surface area (Å²) in [5.41, 5.74) is 2.28. The molecule has 0 spiro atoms. The smallest absolute Gasteiger partial charge is 0.338 e. The van der Waals surface area contributed by atoms with Crippen molar-refractivity contribution in [2.75, 3.05) is 6.61 Å². The summed E-state index contributed by atoms with van der Waals surface area (Å²) >= 11 is 12.8. The van der Waals surface area contributed by atoms with Crippen molar-refractivity contribution < 1.29 is 14.6 Å². The predicted molar refractivity (Wildman–Crippen MR) is 161 cm³/mol. The molecule has 0 saturated carbocycles. The Morgan fingerprint density at radius 1 is 1.21 bits per heavy atom. The zero-order valence-corrected chi connectivity index (χ0v) is 25.1. The van der Waals surface area contributed by atoms with Gasteiger partial charge in [-0.05, 0) is 65.4 Å². The Balaban J connectivity index is 1.84. The summed E-state index contributed by atoms with van der Waals surface area (Å²) < 4.78 is 8.76. The number of esters is 1. The molecule has 5 rings (SSSR count). The fourth-order valence-corrected chi connectivity index (χ4v) is 6.91. The highest BCUT2D eigenvalue weighted by Gasteiger charge is 2.35. The molecule has 1 aliphatic rings. The topological polar surface area (TPSA) is 80.9 Å². The van der Waals surface area contributed by atoms with Crippen molar-refractivity contribution in [3.05, 3.63) is 122 Å². The van der Waals surface area contributed by atoms with Gasteiger partial charge in [-0.2, -0.15) is 0 Å². The molecule has 10 heteroatoms. The van der Waals surface area contributed by atoms with Gasteiger partial charge in [-0.3, -0.25) is 9.36 Å². The number of rotatable bonds is 5. The first-order chi connectivity index (χ1) is 18.3. The van der Waals surface area contributed by atoms with Crippen LogP contribution in [0.5, 0.6) is 5.75 Å². The summed E-state index contributed by atoms with van der Waals surface area (Å²) in [5, 5.41) is 11.2. The number of benzene rings is 3. The Labute approximate surface area is 248 Å². The summed E-state index contributed by atoms with van der Waals surface area (Å²) in [5.74, 6) is -0.477. The quantitative estimate of drug-likeness (QED) is 0.213. The molecule has 6 nitrogen and oxygen atoms in total. The molecule has 1 aliphatic heterocycles. The maximum absolute atomic E-state index is 13.9. The van der Waals surface area contributed by atoms with Crippen LogP contribution in [0.2, 0.25) is 5.02 Å². The highest BCUT2D eigenvalue weighted by molar-refractivity contribution is 14.1. The molecule has 2 heterocycles. The lowest BCUT2D eigenvalue weighted by Gasteiger charge is -2.25. The molecule has 0 fully saturated rings. The van der Waals surface area contributed by atoms with Crippen LogP contribution in [0.4, 0.5) is 0 Å². The highest BCUT2D eigenvalue weighted by atomic mass is 127. The zero-order valence-electron chi connectivity index (χ0n) is 19.8. The molecule has 1 N–H and O–H groups in total. The molecule has 0 unspecified atom stereocenters. The van der Waals surface area contributed by atoms with Gasteiger partial charge in [0, 0.05) is 20.6 Å². The summed E-state index contributed by atoms with van der Waals surface area (Å²) in [6, 6.07) is 19.1. The van der Waals surface area contributed by atoms with E-state index >= 15 is 0 Å². The summed E-state index contributed by atoms with van der Waals surface area (Å²) in [7, 11) is 0. The first-order valence-corrected chi connectivity index (χ1v) is 14.6. The van der Waals surface area contributed by atoms with Crippen LogP contribution in [0.25, 0.3) is 11.8 Å². The van der Waals surface area contributed by atoms with Gasteiger partial charge in [-0.25, -0.2) is 9.79 Å². The average molecular weight is 722 g/mol. The van der Waals surface area contributed by atoms with E-state index in [1.807, 2.05) is 52.9 Å². The zero-order chi connectivity index (χ0) is 27.0.